The van der Waals surface area contributed by atoms with Gasteiger partial charge in [0.05, 0.1) is 11.4 Å². The normalized spacial score (nSPS) is 10.8. The van der Waals surface area contributed by atoms with Gasteiger partial charge in [-0.1, -0.05) is 23.4 Å². The van der Waals surface area contributed by atoms with Crippen molar-refractivity contribution in [3.63, 3.8) is 0 Å². The molecule has 96 valence electrons. The van der Waals surface area contributed by atoms with Gasteiger partial charge in [-0.25, -0.2) is 0 Å². The Balaban J connectivity index is 1.83. The van der Waals surface area contributed by atoms with Gasteiger partial charge in [0.1, 0.15) is 0 Å². The number of fused-ring (bicyclic) bond motifs is 1. The third-order valence-electron chi connectivity index (χ3n) is 2.85. The van der Waals surface area contributed by atoms with Gasteiger partial charge in [-0.15, -0.1) is 21.5 Å². The Morgan fingerprint density at radius 2 is 2.26 bits per heavy atom. The molecule has 0 aliphatic heterocycles. The summed E-state index contributed by atoms with van der Waals surface area (Å²) in [7, 11) is 0. The van der Waals surface area contributed by atoms with Gasteiger partial charge < -0.3 is 5.32 Å². The van der Waals surface area contributed by atoms with E-state index >= 15 is 0 Å². The van der Waals surface area contributed by atoms with Crippen molar-refractivity contribution in [2.75, 3.05) is 0 Å². The number of H-pyrrole nitrogens is 1. The lowest BCUT2D eigenvalue weighted by atomic mass is 10.1. The molecular formula is C12H11N5OS. The molecule has 0 spiro atoms. The van der Waals surface area contributed by atoms with Crippen molar-refractivity contribution in [3.05, 3.63) is 40.5 Å². The first kappa shape index (κ1) is 11.8. The molecule has 0 aliphatic carbocycles. The molecule has 2 aromatic heterocycles. The summed E-state index contributed by atoms with van der Waals surface area (Å²) in [5, 5.41) is 17.3. The Hall–Kier alpha value is -2.28. The fourth-order valence-electron chi connectivity index (χ4n) is 1.89. The van der Waals surface area contributed by atoms with Crippen LogP contribution in [0.2, 0.25) is 0 Å². The van der Waals surface area contributed by atoms with Crippen molar-refractivity contribution in [3.8, 4) is 0 Å². The number of nitrogens with zero attached hydrogens (tertiary/aromatic N) is 3. The standard InChI is InChI=1S/C12H11N5OS/c1-7-8-4-2-3-5-9(8)19-11(7)12(18)13-6-10-14-16-17-15-10/h2-5H,6H2,1H3,(H,13,18)(H,14,15,16,17). The fourth-order valence-corrected chi connectivity index (χ4v) is 3.01. The van der Waals surface area contributed by atoms with Gasteiger partial charge in [-0.2, -0.15) is 5.21 Å². The molecule has 7 heteroatoms. The number of carbonyl (C=O) groups excluding carboxylic acids is 1. The number of rotatable bonds is 3. The Morgan fingerprint density at radius 1 is 1.42 bits per heavy atom. The van der Waals surface area contributed by atoms with Crippen LogP contribution in [0.5, 0.6) is 0 Å². The number of aromatic amines is 1. The van der Waals surface area contributed by atoms with Gasteiger partial charge in [0.15, 0.2) is 5.82 Å². The van der Waals surface area contributed by atoms with Crippen LogP contribution in [0.25, 0.3) is 10.1 Å². The van der Waals surface area contributed by atoms with Gasteiger partial charge >= 0.3 is 0 Å². The molecule has 19 heavy (non-hydrogen) atoms. The highest BCUT2D eigenvalue weighted by Gasteiger charge is 2.15. The maximum atomic E-state index is 12.1. The maximum Gasteiger partial charge on any atom is 0.262 e. The first-order chi connectivity index (χ1) is 9.25. The van der Waals surface area contributed by atoms with E-state index in [-0.39, 0.29) is 12.5 Å². The van der Waals surface area contributed by atoms with E-state index in [9.17, 15) is 4.79 Å². The van der Waals surface area contributed by atoms with Crippen molar-refractivity contribution < 1.29 is 4.79 Å². The summed E-state index contributed by atoms with van der Waals surface area (Å²) < 4.78 is 1.12. The van der Waals surface area contributed by atoms with E-state index < -0.39 is 0 Å². The number of hydrogen-bond acceptors (Lipinski definition) is 5. The second-order valence-electron chi connectivity index (χ2n) is 4.06. The number of hydrogen-bond donors (Lipinski definition) is 2. The van der Waals surface area contributed by atoms with E-state index in [0.29, 0.717) is 5.82 Å². The number of amides is 1. The molecule has 1 aromatic carbocycles. The molecule has 0 atom stereocenters. The minimum Gasteiger partial charge on any atom is -0.344 e. The minimum atomic E-state index is -0.108. The van der Waals surface area contributed by atoms with Gasteiger partial charge in [0.25, 0.3) is 5.91 Å². The highest BCUT2D eigenvalue weighted by atomic mass is 32.1. The SMILES string of the molecule is Cc1c(C(=O)NCc2nn[nH]n2)sc2ccccc12. The summed E-state index contributed by atoms with van der Waals surface area (Å²) in [5.41, 5.74) is 1.01. The summed E-state index contributed by atoms with van der Waals surface area (Å²) >= 11 is 1.49. The van der Waals surface area contributed by atoms with Crippen LogP contribution in [0.4, 0.5) is 0 Å². The second kappa shape index (κ2) is 4.77. The number of nitrogens with one attached hydrogen (secondary N) is 2. The van der Waals surface area contributed by atoms with Crippen LogP contribution in [0.15, 0.2) is 24.3 Å². The summed E-state index contributed by atoms with van der Waals surface area (Å²) in [6, 6.07) is 7.99. The zero-order chi connectivity index (χ0) is 13.2. The average Bonchev–Trinajstić information content (AvgIpc) is 3.05. The number of carbonyl (C=O) groups is 1. The van der Waals surface area contributed by atoms with E-state index in [1.807, 2.05) is 31.2 Å². The van der Waals surface area contributed by atoms with Crippen LogP contribution in [0, 0.1) is 6.92 Å². The highest BCUT2D eigenvalue weighted by Crippen LogP contribution is 2.30. The lowest BCUT2D eigenvalue weighted by molar-refractivity contribution is 0.0953. The molecule has 0 radical (unpaired) electrons. The Kier molecular flexibility index (Phi) is 2.96. The molecule has 0 bridgehead atoms. The first-order valence-electron chi connectivity index (χ1n) is 5.74. The number of benzene rings is 1. The second-order valence-corrected chi connectivity index (χ2v) is 5.12. The van der Waals surface area contributed by atoms with Crippen LogP contribution >= 0.6 is 11.3 Å². The Bertz CT molecular complexity index is 719. The topological polar surface area (TPSA) is 83.6 Å². The van der Waals surface area contributed by atoms with Gasteiger partial charge in [-0.05, 0) is 23.9 Å². The molecular weight excluding hydrogens is 262 g/mol. The summed E-state index contributed by atoms with van der Waals surface area (Å²) in [6.07, 6.45) is 0. The van der Waals surface area contributed by atoms with E-state index in [2.05, 4.69) is 25.9 Å². The van der Waals surface area contributed by atoms with E-state index in [4.69, 9.17) is 0 Å². The maximum absolute atomic E-state index is 12.1. The monoisotopic (exact) mass is 273 g/mol. The summed E-state index contributed by atoms with van der Waals surface area (Å²) in [4.78, 5) is 12.9. The van der Waals surface area contributed by atoms with Crippen molar-refractivity contribution >= 4 is 27.3 Å². The number of tetrazole rings is 1. The Morgan fingerprint density at radius 3 is 3.00 bits per heavy atom. The molecule has 6 nitrogen and oxygen atoms in total. The van der Waals surface area contributed by atoms with Crippen LogP contribution in [0.1, 0.15) is 21.1 Å². The predicted molar refractivity (Wildman–Crippen MR) is 71.9 cm³/mol. The van der Waals surface area contributed by atoms with Gasteiger partial charge in [-0.3, -0.25) is 4.79 Å². The molecule has 0 saturated heterocycles. The van der Waals surface area contributed by atoms with E-state index in [0.717, 1.165) is 20.5 Å². The predicted octanol–water partition coefficient (Wildman–Crippen LogP) is 1.65. The van der Waals surface area contributed by atoms with Crippen molar-refractivity contribution in [1.82, 2.24) is 25.9 Å². The van der Waals surface area contributed by atoms with Crippen molar-refractivity contribution in [1.29, 1.82) is 0 Å². The van der Waals surface area contributed by atoms with Crippen LogP contribution in [-0.2, 0) is 6.54 Å². The molecule has 0 aliphatic rings. The molecule has 0 unspecified atom stereocenters. The quantitative estimate of drug-likeness (QED) is 0.760. The fraction of sp³-hybridized carbons (Fsp3) is 0.167. The van der Waals surface area contributed by atoms with E-state index in [1.165, 1.54) is 11.3 Å². The molecule has 1 amide bonds. The number of aromatic nitrogens is 4. The number of thiophene rings is 1. The van der Waals surface area contributed by atoms with E-state index in [1.54, 1.807) is 0 Å². The summed E-state index contributed by atoms with van der Waals surface area (Å²) in [5.74, 6) is 0.357. The molecule has 0 fully saturated rings. The Labute approximate surface area is 112 Å². The third-order valence-corrected chi connectivity index (χ3v) is 4.12. The summed E-state index contributed by atoms with van der Waals surface area (Å²) in [6.45, 7) is 2.23. The number of aryl methyl sites for hydroxylation is 1. The van der Waals surface area contributed by atoms with Crippen molar-refractivity contribution in [2.24, 2.45) is 0 Å². The molecule has 3 rings (SSSR count). The zero-order valence-corrected chi connectivity index (χ0v) is 11.0. The first-order valence-corrected chi connectivity index (χ1v) is 6.56. The third kappa shape index (κ3) is 2.19. The van der Waals surface area contributed by atoms with Crippen molar-refractivity contribution in [2.45, 2.75) is 13.5 Å². The molecule has 2 N–H and O–H groups in total. The molecule has 0 saturated carbocycles. The van der Waals surface area contributed by atoms with Crippen LogP contribution in [0.3, 0.4) is 0 Å². The van der Waals surface area contributed by atoms with Gasteiger partial charge in [0, 0.05) is 4.70 Å². The molecule has 3 aromatic rings. The minimum absolute atomic E-state index is 0.108. The van der Waals surface area contributed by atoms with Crippen LogP contribution in [-0.4, -0.2) is 26.5 Å². The highest BCUT2D eigenvalue weighted by molar-refractivity contribution is 7.21. The van der Waals surface area contributed by atoms with Gasteiger partial charge in [0.2, 0.25) is 0 Å². The smallest absolute Gasteiger partial charge is 0.262 e. The molecule has 2 heterocycles. The zero-order valence-electron chi connectivity index (χ0n) is 10.2. The average molecular weight is 273 g/mol. The lowest BCUT2D eigenvalue weighted by Crippen LogP contribution is -2.23. The largest absolute Gasteiger partial charge is 0.344 e. The van der Waals surface area contributed by atoms with Crippen LogP contribution < -0.4 is 5.32 Å². The lowest BCUT2D eigenvalue weighted by Gasteiger charge is -2.00.